The van der Waals surface area contributed by atoms with Crippen LogP contribution in [0.15, 0.2) is 34.8 Å². The molecular formula is C19H21BrClNO2. The highest BCUT2D eigenvalue weighted by molar-refractivity contribution is 9.10. The van der Waals surface area contributed by atoms with E-state index in [4.69, 9.17) is 16.3 Å². The van der Waals surface area contributed by atoms with Crippen LogP contribution >= 0.6 is 27.5 Å². The second-order valence-electron chi connectivity index (χ2n) is 6.09. The van der Waals surface area contributed by atoms with Crippen LogP contribution in [0.3, 0.4) is 0 Å². The maximum Gasteiger partial charge on any atom is 0.262 e. The largest absolute Gasteiger partial charge is 0.483 e. The third-order valence-electron chi connectivity index (χ3n) is 3.71. The van der Waals surface area contributed by atoms with Crippen molar-refractivity contribution in [2.24, 2.45) is 0 Å². The highest BCUT2D eigenvalue weighted by Crippen LogP contribution is 2.32. The Morgan fingerprint density at radius 3 is 2.54 bits per heavy atom. The monoisotopic (exact) mass is 409 g/mol. The second kappa shape index (κ2) is 8.04. The van der Waals surface area contributed by atoms with Crippen LogP contribution in [0.25, 0.3) is 0 Å². The molecule has 0 aliphatic rings. The van der Waals surface area contributed by atoms with Crippen molar-refractivity contribution in [2.75, 3.05) is 11.9 Å². The number of anilines is 1. The first kappa shape index (κ1) is 18.8. The molecule has 24 heavy (non-hydrogen) atoms. The first-order valence-electron chi connectivity index (χ1n) is 7.76. The van der Waals surface area contributed by atoms with Gasteiger partial charge in [-0.1, -0.05) is 41.4 Å². The molecule has 0 radical (unpaired) electrons. The Balaban J connectivity index is 2.06. The van der Waals surface area contributed by atoms with Crippen LogP contribution in [0.4, 0.5) is 5.69 Å². The SMILES string of the molecule is Cc1cc(OCC(=O)Nc2ccc(Br)c(C)c2)c(C(C)C)cc1Cl. The summed E-state index contributed by atoms with van der Waals surface area (Å²) >= 11 is 9.63. The molecular weight excluding hydrogens is 390 g/mol. The maximum atomic E-state index is 12.1. The zero-order valence-electron chi connectivity index (χ0n) is 14.2. The van der Waals surface area contributed by atoms with E-state index in [1.807, 2.05) is 44.2 Å². The molecule has 0 fully saturated rings. The number of nitrogens with one attached hydrogen (secondary N) is 1. The fourth-order valence-corrected chi connectivity index (χ4v) is 2.73. The van der Waals surface area contributed by atoms with Gasteiger partial charge in [-0.2, -0.15) is 0 Å². The number of ether oxygens (including phenoxy) is 1. The topological polar surface area (TPSA) is 38.3 Å². The quantitative estimate of drug-likeness (QED) is 0.670. The van der Waals surface area contributed by atoms with Gasteiger partial charge in [0.25, 0.3) is 5.91 Å². The Kier molecular flexibility index (Phi) is 6.30. The van der Waals surface area contributed by atoms with Crippen LogP contribution in [-0.4, -0.2) is 12.5 Å². The number of rotatable bonds is 5. The number of halogens is 2. The molecule has 0 aromatic heterocycles. The molecule has 0 heterocycles. The number of carbonyl (C=O) groups is 1. The lowest BCUT2D eigenvalue weighted by Crippen LogP contribution is -2.20. The number of aryl methyl sites for hydroxylation is 2. The smallest absolute Gasteiger partial charge is 0.262 e. The van der Waals surface area contributed by atoms with Gasteiger partial charge in [-0.15, -0.1) is 0 Å². The fourth-order valence-electron chi connectivity index (χ4n) is 2.31. The zero-order valence-corrected chi connectivity index (χ0v) is 16.6. The van der Waals surface area contributed by atoms with E-state index in [-0.39, 0.29) is 18.4 Å². The summed E-state index contributed by atoms with van der Waals surface area (Å²) in [7, 11) is 0. The van der Waals surface area contributed by atoms with Crippen molar-refractivity contribution >= 4 is 39.1 Å². The van der Waals surface area contributed by atoms with Gasteiger partial charge in [0, 0.05) is 15.2 Å². The van der Waals surface area contributed by atoms with Crippen LogP contribution in [0.5, 0.6) is 5.75 Å². The molecule has 1 amide bonds. The van der Waals surface area contributed by atoms with E-state index in [0.29, 0.717) is 10.8 Å². The molecule has 0 spiro atoms. The lowest BCUT2D eigenvalue weighted by Gasteiger charge is -2.16. The molecule has 5 heteroatoms. The molecule has 0 saturated carbocycles. The molecule has 2 rings (SSSR count). The van der Waals surface area contributed by atoms with Crippen LogP contribution in [0.2, 0.25) is 5.02 Å². The van der Waals surface area contributed by atoms with Gasteiger partial charge in [-0.05, 0) is 66.8 Å². The van der Waals surface area contributed by atoms with Crippen molar-refractivity contribution in [1.29, 1.82) is 0 Å². The Bertz CT molecular complexity index is 759. The van der Waals surface area contributed by atoms with Crippen LogP contribution in [0, 0.1) is 13.8 Å². The van der Waals surface area contributed by atoms with Crippen molar-refractivity contribution in [3.8, 4) is 5.75 Å². The molecule has 0 saturated heterocycles. The van der Waals surface area contributed by atoms with E-state index in [1.54, 1.807) is 0 Å². The van der Waals surface area contributed by atoms with Crippen molar-refractivity contribution < 1.29 is 9.53 Å². The van der Waals surface area contributed by atoms with Crippen molar-refractivity contribution in [2.45, 2.75) is 33.6 Å². The predicted octanol–water partition coefficient (Wildman–Crippen LogP) is 5.86. The number of hydrogen-bond acceptors (Lipinski definition) is 2. The number of benzene rings is 2. The van der Waals surface area contributed by atoms with Gasteiger partial charge in [-0.3, -0.25) is 4.79 Å². The molecule has 0 bridgehead atoms. The molecule has 0 atom stereocenters. The molecule has 3 nitrogen and oxygen atoms in total. The van der Waals surface area contributed by atoms with E-state index in [1.165, 1.54) is 0 Å². The molecule has 0 aliphatic carbocycles. The first-order valence-corrected chi connectivity index (χ1v) is 8.94. The summed E-state index contributed by atoms with van der Waals surface area (Å²) in [6.45, 7) is 7.98. The summed E-state index contributed by atoms with van der Waals surface area (Å²) in [5.74, 6) is 0.767. The summed E-state index contributed by atoms with van der Waals surface area (Å²) in [5, 5.41) is 3.55. The molecule has 2 aromatic carbocycles. The van der Waals surface area contributed by atoms with Crippen LogP contribution in [-0.2, 0) is 4.79 Å². The van der Waals surface area contributed by atoms with Crippen LogP contribution in [0.1, 0.15) is 36.5 Å². The van der Waals surface area contributed by atoms with Gasteiger partial charge in [0.1, 0.15) is 5.75 Å². The molecule has 0 unspecified atom stereocenters. The van der Waals surface area contributed by atoms with Crippen molar-refractivity contribution in [1.82, 2.24) is 0 Å². The molecule has 2 aromatic rings. The highest BCUT2D eigenvalue weighted by Gasteiger charge is 2.13. The lowest BCUT2D eigenvalue weighted by molar-refractivity contribution is -0.118. The van der Waals surface area contributed by atoms with Gasteiger partial charge in [0.2, 0.25) is 0 Å². The standard InChI is InChI=1S/C19H21BrClNO2/c1-11(2)15-9-17(21)13(4)8-18(15)24-10-19(23)22-14-5-6-16(20)12(3)7-14/h5-9,11H,10H2,1-4H3,(H,22,23). The third-order valence-corrected chi connectivity index (χ3v) is 5.01. The fraction of sp³-hybridized carbons (Fsp3) is 0.316. The number of carbonyl (C=O) groups excluding carboxylic acids is 1. The maximum absolute atomic E-state index is 12.1. The minimum Gasteiger partial charge on any atom is -0.483 e. The van der Waals surface area contributed by atoms with Crippen molar-refractivity contribution in [3.63, 3.8) is 0 Å². The molecule has 128 valence electrons. The molecule has 1 N–H and O–H groups in total. The van der Waals surface area contributed by atoms with E-state index in [0.717, 1.165) is 26.9 Å². The lowest BCUT2D eigenvalue weighted by atomic mass is 10.0. The Morgan fingerprint density at radius 1 is 1.21 bits per heavy atom. The van der Waals surface area contributed by atoms with Gasteiger partial charge in [0.15, 0.2) is 6.61 Å². The Hall–Kier alpha value is -1.52. The summed E-state index contributed by atoms with van der Waals surface area (Å²) in [6, 6.07) is 9.46. The predicted molar refractivity (Wildman–Crippen MR) is 103 cm³/mol. The highest BCUT2D eigenvalue weighted by atomic mass is 79.9. The third kappa shape index (κ3) is 4.74. The van der Waals surface area contributed by atoms with Crippen LogP contribution < -0.4 is 10.1 Å². The van der Waals surface area contributed by atoms with E-state index in [2.05, 4.69) is 35.1 Å². The summed E-state index contributed by atoms with van der Waals surface area (Å²) in [4.78, 5) is 12.1. The van der Waals surface area contributed by atoms with E-state index in [9.17, 15) is 4.79 Å². The average molecular weight is 411 g/mol. The summed E-state index contributed by atoms with van der Waals surface area (Å²) in [5.41, 5.74) is 3.74. The van der Waals surface area contributed by atoms with E-state index < -0.39 is 0 Å². The first-order chi connectivity index (χ1) is 11.3. The summed E-state index contributed by atoms with van der Waals surface area (Å²) in [6.07, 6.45) is 0. The van der Waals surface area contributed by atoms with Gasteiger partial charge < -0.3 is 10.1 Å². The molecule has 0 aliphatic heterocycles. The number of hydrogen-bond donors (Lipinski definition) is 1. The van der Waals surface area contributed by atoms with Gasteiger partial charge >= 0.3 is 0 Å². The van der Waals surface area contributed by atoms with Gasteiger partial charge in [0.05, 0.1) is 0 Å². The minimum atomic E-state index is -0.195. The normalized spacial score (nSPS) is 10.8. The zero-order chi connectivity index (χ0) is 17.9. The summed E-state index contributed by atoms with van der Waals surface area (Å²) < 4.78 is 6.75. The average Bonchev–Trinajstić information content (AvgIpc) is 2.51. The minimum absolute atomic E-state index is 0.0457. The van der Waals surface area contributed by atoms with E-state index >= 15 is 0 Å². The Morgan fingerprint density at radius 2 is 1.92 bits per heavy atom. The van der Waals surface area contributed by atoms with Crippen molar-refractivity contribution in [3.05, 3.63) is 56.5 Å². The Labute approximate surface area is 156 Å². The number of amides is 1. The second-order valence-corrected chi connectivity index (χ2v) is 7.36. The van der Waals surface area contributed by atoms with Gasteiger partial charge in [-0.25, -0.2) is 0 Å².